The van der Waals surface area contributed by atoms with E-state index >= 15 is 0 Å². The van der Waals surface area contributed by atoms with E-state index in [-0.39, 0.29) is 11.8 Å². The van der Waals surface area contributed by atoms with Crippen molar-refractivity contribution < 1.29 is 4.79 Å². The fourth-order valence-corrected chi connectivity index (χ4v) is 1.56. The van der Waals surface area contributed by atoms with Crippen LogP contribution in [0.3, 0.4) is 0 Å². The van der Waals surface area contributed by atoms with E-state index in [1.807, 2.05) is 0 Å². The zero-order valence-corrected chi connectivity index (χ0v) is 9.70. The van der Waals surface area contributed by atoms with Crippen molar-refractivity contribution >= 4 is 46.4 Å². The Morgan fingerprint density at radius 3 is 2.64 bits per heavy atom. The van der Waals surface area contributed by atoms with Gasteiger partial charge in [0.2, 0.25) is 5.91 Å². The van der Waals surface area contributed by atoms with Gasteiger partial charge in [-0.2, -0.15) is 0 Å². The highest BCUT2D eigenvalue weighted by atomic mass is 35.5. The van der Waals surface area contributed by atoms with E-state index in [0.717, 1.165) is 0 Å². The molecule has 0 aliphatic rings. The highest BCUT2D eigenvalue weighted by Crippen LogP contribution is 2.28. The fraction of sp³-hybridized carbons (Fsp3) is 0.222. The first-order chi connectivity index (χ1) is 6.56. The predicted molar refractivity (Wildman–Crippen MR) is 60.6 cm³/mol. The SMILES string of the molecule is CN(C(=O)CCl)c1cc(Cl)ccc1Cl. The number of hydrogen-bond donors (Lipinski definition) is 0. The number of benzene rings is 1. The summed E-state index contributed by atoms with van der Waals surface area (Å²) in [5.74, 6) is -0.310. The Morgan fingerprint density at radius 1 is 1.43 bits per heavy atom. The third-order valence-electron chi connectivity index (χ3n) is 1.76. The van der Waals surface area contributed by atoms with E-state index in [0.29, 0.717) is 15.7 Å². The van der Waals surface area contributed by atoms with Gasteiger partial charge < -0.3 is 4.90 Å². The van der Waals surface area contributed by atoms with Crippen LogP contribution in [0.25, 0.3) is 0 Å². The van der Waals surface area contributed by atoms with Crippen molar-refractivity contribution in [2.75, 3.05) is 17.8 Å². The van der Waals surface area contributed by atoms with Gasteiger partial charge in [-0.05, 0) is 18.2 Å². The predicted octanol–water partition coefficient (Wildman–Crippen LogP) is 3.20. The molecule has 1 rings (SSSR count). The Bertz CT molecular complexity index is 354. The third-order valence-corrected chi connectivity index (χ3v) is 2.54. The molecule has 1 aromatic rings. The van der Waals surface area contributed by atoms with Gasteiger partial charge in [-0.25, -0.2) is 0 Å². The minimum Gasteiger partial charge on any atom is -0.313 e. The summed E-state index contributed by atoms with van der Waals surface area (Å²) in [5, 5.41) is 0.994. The molecule has 0 N–H and O–H groups in total. The molecule has 1 amide bonds. The van der Waals surface area contributed by atoms with Crippen LogP contribution in [0.2, 0.25) is 10.0 Å². The van der Waals surface area contributed by atoms with Gasteiger partial charge in [-0.15, -0.1) is 11.6 Å². The van der Waals surface area contributed by atoms with Gasteiger partial charge >= 0.3 is 0 Å². The second-order valence-electron chi connectivity index (χ2n) is 2.68. The van der Waals surface area contributed by atoms with Gasteiger partial charge in [0, 0.05) is 12.1 Å². The minimum atomic E-state index is -0.226. The first-order valence-corrected chi connectivity index (χ1v) is 5.13. The number of anilines is 1. The molecule has 0 bridgehead atoms. The van der Waals surface area contributed by atoms with Crippen molar-refractivity contribution in [3.8, 4) is 0 Å². The molecule has 0 radical (unpaired) electrons. The molecule has 0 fully saturated rings. The lowest BCUT2D eigenvalue weighted by Gasteiger charge is -2.17. The summed E-state index contributed by atoms with van der Waals surface area (Å²) in [7, 11) is 1.60. The molecule has 0 unspecified atom stereocenters. The van der Waals surface area contributed by atoms with Crippen molar-refractivity contribution in [1.29, 1.82) is 0 Å². The molecule has 0 atom stereocenters. The standard InChI is InChI=1S/C9H8Cl3NO/c1-13(9(14)5-10)8-4-6(11)2-3-7(8)12/h2-4H,5H2,1H3. The lowest BCUT2D eigenvalue weighted by Crippen LogP contribution is -2.27. The molecule has 5 heteroatoms. The molecule has 0 spiro atoms. The van der Waals surface area contributed by atoms with Crippen molar-refractivity contribution in [3.63, 3.8) is 0 Å². The van der Waals surface area contributed by atoms with Gasteiger partial charge in [0.15, 0.2) is 0 Å². The van der Waals surface area contributed by atoms with E-state index in [4.69, 9.17) is 34.8 Å². The molecule has 0 aliphatic heterocycles. The number of alkyl halides is 1. The molecule has 0 saturated carbocycles. The highest BCUT2D eigenvalue weighted by Gasteiger charge is 2.12. The first-order valence-electron chi connectivity index (χ1n) is 3.84. The fourth-order valence-electron chi connectivity index (χ4n) is 0.967. The van der Waals surface area contributed by atoms with Crippen molar-refractivity contribution in [1.82, 2.24) is 0 Å². The van der Waals surface area contributed by atoms with E-state index in [1.165, 1.54) is 4.90 Å². The molecule has 0 aliphatic carbocycles. The van der Waals surface area contributed by atoms with Crippen LogP contribution in [-0.4, -0.2) is 18.8 Å². The topological polar surface area (TPSA) is 20.3 Å². The summed E-state index contributed by atoms with van der Waals surface area (Å²) in [5.41, 5.74) is 0.560. The Hall–Kier alpha value is -0.440. The maximum atomic E-state index is 11.3. The molecule has 2 nitrogen and oxygen atoms in total. The maximum absolute atomic E-state index is 11.3. The van der Waals surface area contributed by atoms with Crippen LogP contribution in [0.5, 0.6) is 0 Å². The van der Waals surface area contributed by atoms with Crippen molar-refractivity contribution in [2.24, 2.45) is 0 Å². The minimum absolute atomic E-state index is 0.0840. The van der Waals surface area contributed by atoms with Gasteiger partial charge in [-0.1, -0.05) is 23.2 Å². The number of carbonyl (C=O) groups excluding carboxylic acids is 1. The molecule has 0 heterocycles. The average molecular weight is 253 g/mol. The summed E-state index contributed by atoms with van der Waals surface area (Å²) in [6.07, 6.45) is 0. The Morgan fingerprint density at radius 2 is 2.07 bits per heavy atom. The second kappa shape index (κ2) is 4.87. The first kappa shape index (κ1) is 11.6. The largest absolute Gasteiger partial charge is 0.313 e. The molecule has 76 valence electrons. The average Bonchev–Trinajstić information content (AvgIpc) is 2.19. The Balaban J connectivity index is 3.05. The van der Waals surface area contributed by atoms with Gasteiger partial charge in [0.1, 0.15) is 5.88 Å². The number of rotatable bonds is 2. The lowest BCUT2D eigenvalue weighted by atomic mass is 10.3. The second-order valence-corrected chi connectivity index (χ2v) is 3.79. The van der Waals surface area contributed by atoms with Gasteiger partial charge in [-0.3, -0.25) is 4.79 Å². The van der Waals surface area contributed by atoms with E-state index in [2.05, 4.69) is 0 Å². The van der Waals surface area contributed by atoms with Crippen LogP contribution in [0.4, 0.5) is 5.69 Å². The Labute approximate surface area is 97.4 Å². The molecule has 0 saturated heterocycles. The van der Waals surface area contributed by atoms with Crippen molar-refractivity contribution in [2.45, 2.75) is 0 Å². The van der Waals surface area contributed by atoms with Crippen molar-refractivity contribution in [3.05, 3.63) is 28.2 Å². The molecule has 1 aromatic carbocycles. The summed E-state index contributed by atoms with van der Waals surface area (Å²) in [4.78, 5) is 12.6. The summed E-state index contributed by atoms with van der Waals surface area (Å²) in [6.45, 7) is 0. The monoisotopic (exact) mass is 251 g/mol. The number of nitrogens with zero attached hydrogens (tertiary/aromatic N) is 1. The van der Waals surface area contributed by atoms with Crippen LogP contribution in [0.1, 0.15) is 0 Å². The number of amides is 1. The van der Waals surface area contributed by atoms with Crippen LogP contribution < -0.4 is 4.90 Å². The van der Waals surface area contributed by atoms with Crippen LogP contribution in [0, 0.1) is 0 Å². The van der Waals surface area contributed by atoms with E-state index in [1.54, 1.807) is 25.2 Å². The quantitative estimate of drug-likeness (QED) is 0.740. The summed E-state index contributed by atoms with van der Waals surface area (Å²) in [6, 6.07) is 4.91. The maximum Gasteiger partial charge on any atom is 0.241 e. The third kappa shape index (κ3) is 2.53. The highest BCUT2D eigenvalue weighted by molar-refractivity contribution is 6.36. The normalized spacial score (nSPS) is 10.0. The summed E-state index contributed by atoms with van der Waals surface area (Å²) < 4.78 is 0. The Kier molecular flexibility index (Phi) is 4.05. The molecular weight excluding hydrogens is 244 g/mol. The zero-order chi connectivity index (χ0) is 10.7. The van der Waals surface area contributed by atoms with Gasteiger partial charge in [0.05, 0.1) is 10.7 Å². The molecular formula is C9H8Cl3NO. The van der Waals surface area contributed by atoms with Gasteiger partial charge in [0.25, 0.3) is 0 Å². The van der Waals surface area contributed by atoms with Crippen LogP contribution in [-0.2, 0) is 4.79 Å². The number of hydrogen-bond acceptors (Lipinski definition) is 1. The van der Waals surface area contributed by atoms with Crippen LogP contribution >= 0.6 is 34.8 Å². The zero-order valence-electron chi connectivity index (χ0n) is 7.43. The molecule has 14 heavy (non-hydrogen) atoms. The van der Waals surface area contributed by atoms with Crippen LogP contribution in [0.15, 0.2) is 18.2 Å². The number of halogens is 3. The van der Waals surface area contributed by atoms with E-state index < -0.39 is 0 Å². The smallest absolute Gasteiger partial charge is 0.241 e. The molecule has 0 aromatic heterocycles. The lowest BCUT2D eigenvalue weighted by molar-refractivity contribution is -0.116. The van der Waals surface area contributed by atoms with E-state index in [9.17, 15) is 4.79 Å². The number of carbonyl (C=O) groups is 1. The summed E-state index contributed by atoms with van der Waals surface area (Å²) >= 11 is 17.1.